The van der Waals surface area contributed by atoms with Crippen molar-refractivity contribution >= 4 is 10.9 Å². The number of benzene rings is 2. The van der Waals surface area contributed by atoms with Crippen LogP contribution in [0.15, 0.2) is 41.2 Å². The molecule has 0 saturated carbocycles. The number of pyridine rings is 1. The first-order valence-electron chi connectivity index (χ1n) is 14.4. The molecule has 4 aromatic rings. The van der Waals surface area contributed by atoms with Crippen LogP contribution in [0.3, 0.4) is 0 Å². The van der Waals surface area contributed by atoms with Gasteiger partial charge in [0.15, 0.2) is 17.3 Å². The van der Waals surface area contributed by atoms with Gasteiger partial charge in [0, 0.05) is 50.3 Å². The van der Waals surface area contributed by atoms with E-state index in [1.165, 1.54) is 5.56 Å². The van der Waals surface area contributed by atoms with Gasteiger partial charge in [-0.1, -0.05) is 18.2 Å². The van der Waals surface area contributed by atoms with Crippen LogP contribution in [0.5, 0.6) is 11.5 Å². The Kier molecular flexibility index (Phi) is 6.93. The van der Waals surface area contributed by atoms with Crippen LogP contribution in [0.4, 0.5) is 0 Å². The van der Waals surface area contributed by atoms with E-state index in [0.717, 1.165) is 85.7 Å². The Hall–Kier alpha value is -3.80. The molecule has 2 saturated heterocycles. The fourth-order valence-electron chi connectivity index (χ4n) is 6.29. The maximum atomic E-state index is 13.7. The minimum atomic E-state index is -0.382. The van der Waals surface area contributed by atoms with E-state index in [1.54, 1.807) is 0 Å². The summed E-state index contributed by atoms with van der Waals surface area (Å²) in [6.45, 7) is 9.78. The molecule has 0 bridgehead atoms. The highest BCUT2D eigenvalue weighted by atomic mass is 16.7. The third-order valence-electron chi connectivity index (χ3n) is 8.59. The first kappa shape index (κ1) is 26.1. The van der Waals surface area contributed by atoms with Gasteiger partial charge in [-0.3, -0.25) is 14.6 Å². The summed E-state index contributed by atoms with van der Waals surface area (Å²) in [5, 5.41) is 14.0. The average Bonchev–Trinajstić information content (AvgIpc) is 3.76. The molecule has 7 rings (SSSR count). The third kappa shape index (κ3) is 5.09. The summed E-state index contributed by atoms with van der Waals surface area (Å²) >= 11 is 0. The van der Waals surface area contributed by atoms with Crippen molar-refractivity contribution < 1.29 is 14.2 Å². The number of rotatable bonds is 7. The molecule has 41 heavy (non-hydrogen) atoms. The molecule has 2 aromatic carbocycles. The SMILES string of the molecule is Cc1ccc(C)c2[nH]c(=O)c([C@@H](c3nnnn3C[C@H]3CCCO3)N3CCN(Cc4ccc5c(c4)OCO5)CC3)cc12. The first-order chi connectivity index (χ1) is 20.0. The number of ether oxygens (including phenoxy) is 3. The minimum Gasteiger partial charge on any atom is -0.454 e. The number of fused-ring (bicyclic) bond motifs is 2. The summed E-state index contributed by atoms with van der Waals surface area (Å²) in [5.74, 6) is 2.29. The number of H-pyrrole nitrogens is 1. The molecule has 11 nitrogen and oxygen atoms in total. The van der Waals surface area contributed by atoms with Crippen LogP contribution in [-0.4, -0.2) is 80.7 Å². The molecule has 2 fully saturated rings. The molecule has 0 unspecified atom stereocenters. The number of aromatic nitrogens is 5. The number of piperazine rings is 1. The van der Waals surface area contributed by atoms with E-state index >= 15 is 0 Å². The van der Waals surface area contributed by atoms with Gasteiger partial charge in [-0.15, -0.1) is 5.10 Å². The van der Waals surface area contributed by atoms with Crippen molar-refractivity contribution in [3.63, 3.8) is 0 Å². The van der Waals surface area contributed by atoms with Gasteiger partial charge in [0.2, 0.25) is 6.79 Å². The largest absolute Gasteiger partial charge is 0.454 e. The van der Waals surface area contributed by atoms with E-state index in [0.29, 0.717) is 17.9 Å². The predicted octanol–water partition coefficient (Wildman–Crippen LogP) is 2.95. The molecule has 2 atom stereocenters. The van der Waals surface area contributed by atoms with Gasteiger partial charge in [0.1, 0.15) is 6.04 Å². The van der Waals surface area contributed by atoms with Gasteiger partial charge < -0.3 is 19.2 Å². The van der Waals surface area contributed by atoms with Crippen molar-refractivity contribution in [1.82, 2.24) is 35.0 Å². The smallest absolute Gasteiger partial charge is 0.253 e. The lowest BCUT2D eigenvalue weighted by Crippen LogP contribution is -2.48. The topological polar surface area (TPSA) is 111 Å². The lowest BCUT2D eigenvalue weighted by molar-refractivity contribution is 0.0840. The minimum absolute atomic E-state index is 0.0798. The van der Waals surface area contributed by atoms with Crippen LogP contribution < -0.4 is 15.0 Å². The number of hydrogen-bond donors (Lipinski definition) is 1. The summed E-state index contributed by atoms with van der Waals surface area (Å²) in [4.78, 5) is 21.7. The third-order valence-corrected chi connectivity index (χ3v) is 8.59. The van der Waals surface area contributed by atoms with E-state index in [-0.39, 0.29) is 24.5 Å². The second-order valence-corrected chi connectivity index (χ2v) is 11.3. The van der Waals surface area contributed by atoms with Gasteiger partial charge in [0.25, 0.3) is 5.56 Å². The Morgan fingerprint density at radius 1 is 1.02 bits per heavy atom. The first-order valence-corrected chi connectivity index (χ1v) is 14.4. The fourth-order valence-corrected chi connectivity index (χ4v) is 6.29. The van der Waals surface area contributed by atoms with E-state index in [2.05, 4.69) is 55.4 Å². The van der Waals surface area contributed by atoms with Crippen LogP contribution in [0.1, 0.15) is 47.0 Å². The monoisotopic (exact) mass is 557 g/mol. The highest BCUT2D eigenvalue weighted by molar-refractivity contribution is 5.85. The molecule has 1 N–H and O–H groups in total. The van der Waals surface area contributed by atoms with Crippen LogP contribution in [0, 0.1) is 13.8 Å². The normalized spacial score (nSPS) is 20.2. The van der Waals surface area contributed by atoms with Gasteiger partial charge in [-0.05, 0) is 72.0 Å². The molecule has 3 aliphatic rings. The Morgan fingerprint density at radius 2 is 1.85 bits per heavy atom. The predicted molar refractivity (Wildman–Crippen MR) is 152 cm³/mol. The molecule has 0 spiro atoms. The maximum absolute atomic E-state index is 13.7. The number of aryl methyl sites for hydroxylation is 2. The molecular formula is C30H35N7O4. The Labute approximate surface area is 238 Å². The standard InChI is InChI=1S/C30H35N7O4/c1-19-5-6-20(2)27-23(19)15-24(30(38)31-27)28(29-32-33-34-37(29)17-22-4-3-13-39-22)36-11-9-35(10-12-36)16-21-7-8-25-26(14-21)41-18-40-25/h5-8,14-15,22,28H,3-4,9-13,16-18H2,1-2H3,(H,31,38)/t22-,28+/m1/s1. The molecule has 0 aliphatic carbocycles. The van der Waals surface area contributed by atoms with Gasteiger partial charge >= 0.3 is 0 Å². The highest BCUT2D eigenvalue weighted by Crippen LogP contribution is 2.34. The van der Waals surface area contributed by atoms with Gasteiger partial charge in [0.05, 0.1) is 18.2 Å². The number of nitrogens with zero attached hydrogens (tertiary/aromatic N) is 6. The van der Waals surface area contributed by atoms with E-state index < -0.39 is 0 Å². The molecule has 0 radical (unpaired) electrons. The van der Waals surface area contributed by atoms with E-state index in [4.69, 9.17) is 14.2 Å². The molecule has 3 aliphatic heterocycles. The van der Waals surface area contributed by atoms with Crippen LogP contribution in [0.2, 0.25) is 0 Å². The summed E-state index contributed by atoms with van der Waals surface area (Å²) in [5.41, 5.74) is 4.80. The van der Waals surface area contributed by atoms with Crippen molar-refractivity contribution in [1.29, 1.82) is 0 Å². The zero-order valence-electron chi connectivity index (χ0n) is 23.5. The molecule has 0 amide bonds. The highest BCUT2D eigenvalue weighted by Gasteiger charge is 2.34. The van der Waals surface area contributed by atoms with Gasteiger partial charge in [-0.2, -0.15) is 0 Å². The Bertz CT molecular complexity index is 1620. The molecular weight excluding hydrogens is 522 g/mol. The quantitative estimate of drug-likeness (QED) is 0.367. The van der Waals surface area contributed by atoms with Crippen LogP contribution >= 0.6 is 0 Å². The maximum Gasteiger partial charge on any atom is 0.253 e. The number of aromatic amines is 1. The van der Waals surface area contributed by atoms with Gasteiger partial charge in [-0.25, -0.2) is 4.68 Å². The molecule has 5 heterocycles. The number of hydrogen-bond acceptors (Lipinski definition) is 9. The number of tetrazole rings is 1. The second kappa shape index (κ2) is 10.9. The number of nitrogens with one attached hydrogen (secondary N) is 1. The Balaban J connectivity index is 1.19. The molecule has 2 aromatic heterocycles. The summed E-state index contributed by atoms with van der Waals surface area (Å²) in [6.07, 6.45) is 2.11. The second-order valence-electron chi connectivity index (χ2n) is 11.3. The summed E-state index contributed by atoms with van der Waals surface area (Å²) in [7, 11) is 0. The van der Waals surface area contributed by atoms with E-state index in [1.807, 2.05) is 29.8 Å². The molecule has 214 valence electrons. The van der Waals surface area contributed by atoms with Crippen molar-refractivity contribution in [2.45, 2.75) is 51.9 Å². The Morgan fingerprint density at radius 3 is 2.68 bits per heavy atom. The molecule has 11 heteroatoms. The van der Waals surface area contributed by atoms with E-state index in [9.17, 15) is 4.79 Å². The van der Waals surface area contributed by atoms with Crippen molar-refractivity contribution in [2.24, 2.45) is 0 Å². The summed E-state index contributed by atoms with van der Waals surface area (Å²) < 4.78 is 18.8. The zero-order chi connectivity index (χ0) is 27.9. The fraction of sp³-hybridized carbons (Fsp3) is 0.467. The average molecular weight is 558 g/mol. The van der Waals surface area contributed by atoms with Crippen LogP contribution in [-0.2, 0) is 17.8 Å². The lowest BCUT2D eigenvalue weighted by Gasteiger charge is -2.38. The summed E-state index contributed by atoms with van der Waals surface area (Å²) in [6, 6.07) is 12.0. The van der Waals surface area contributed by atoms with Crippen LogP contribution in [0.25, 0.3) is 10.9 Å². The zero-order valence-corrected chi connectivity index (χ0v) is 23.5. The van der Waals surface area contributed by atoms with Crippen molar-refractivity contribution in [2.75, 3.05) is 39.6 Å². The lowest BCUT2D eigenvalue weighted by atomic mass is 9.99. The van der Waals surface area contributed by atoms with Crippen molar-refractivity contribution in [3.05, 3.63) is 74.8 Å². The van der Waals surface area contributed by atoms with Crippen molar-refractivity contribution in [3.8, 4) is 11.5 Å².